The van der Waals surface area contributed by atoms with Crippen LogP contribution in [-0.4, -0.2) is 38.5 Å². The maximum atomic E-state index is 11.8. The first kappa shape index (κ1) is 13.4. The van der Waals surface area contributed by atoms with E-state index in [0.29, 0.717) is 19.5 Å². The van der Waals surface area contributed by atoms with E-state index in [4.69, 9.17) is 0 Å². The van der Waals surface area contributed by atoms with Gasteiger partial charge in [0.25, 0.3) is 0 Å². The monoisotopic (exact) mass is 261 g/mol. The van der Waals surface area contributed by atoms with E-state index in [1.807, 2.05) is 37.4 Å². The van der Waals surface area contributed by atoms with E-state index in [1.54, 1.807) is 0 Å². The fourth-order valence-electron chi connectivity index (χ4n) is 2.09. The van der Waals surface area contributed by atoms with Crippen molar-refractivity contribution in [2.24, 2.45) is 5.92 Å². The highest BCUT2D eigenvalue weighted by molar-refractivity contribution is 5.89. The van der Waals surface area contributed by atoms with Gasteiger partial charge in [0.2, 0.25) is 11.8 Å². The summed E-state index contributed by atoms with van der Waals surface area (Å²) >= 11 is 0. The number of benzene rings is 1. The van der Waals surface area contributed by atoms with Crippen LogP contribution in [0.25, 0.3) is 0 Å². The maximum Gasteiger partial charge on any atom is 0.225 e. The summed E-state index contributed by atoms with van der Waals surface area (Å²) in [6.07, 6.45) is 0.306. The minimum atomic E-state index is -0.213. The van der Waals surface area contributed by atoms with E-state index < -0.39 is 0 Å². The van der Waals surface area contributed by atoms with E-state index in [0.717, 1.165) is 12.2 Å². The number of carbonyl (C=O) groups is 2. The fourth-order valence-corrected chi connectivity index (χ4v) is 2.09. The van der Waals surface area contributed by atoms with Gasteiger partial charge < -0.3 is 15.5 Å². The summed E-state index contributed by atoms with van der Waals surface area (Å²) in [7, 11) is 1.99. The van der Waals surface area contributed by atoms with Crippen molar-refractivity contribution in [3.05, 3.63) is 30.3 Å². The molecule has 5 nitrogen and oxygen atoms in total. The van der Waals surface area contributed by atoms with Gasteiger partial charge in [-0.25, -0.2) is 0 Å². The second-order valence-electron chi connectivity index (χ2n) is 4.75. The highest BCUT2D eigenvalue weighted by Gasteiger charge is 2.27. The minimum Gasteiger partial charge on any atom is -0.373 e. The summed E-state index contributed by atoms with van der Waals surface area (Å²) in [4.78, 5) is 24.9. The van der Waals surface area contributed by atoms with Gasteiger partial charge in [0.15, 0.2) is 0 Å². The van der Waals surface area contributed by atoms with Gasteiger partial charge in [-0.05, 0) is 12.1 Å². The zero-order valence-electron chi connectivity index (χ0n) is 11.1. The van der Waals surface area contributed by atoms with E-state index in [2.05, 4.69) is 15.5 Å². The number of amides is 2. The molecule has 1 fully saturated rings. The molecular formula is C14H19N3O2. The molecule has 1 aliphatic rings. The van der Waals surface area contributed by atoms with Gasteiger partial charge in [-0.3, -0.25) is 9.59 Å². The maximum absolute atomic E-state index is 11.8. The van der Waals surface area contributed by atoms with Crippen LogP contribution in [0.4, 0.5) is 5.69 Å². The molecule has 1 heterocycles. The minimum absolute atomic E-state index is 0.0402. The fraction of sp³-hybridized carbons (Fsp3) is 0.429. The predicted octanol–water partition coefficient (Wildman–Crippen LogP) is 0.375. The van der Waals surface area contributed by atoms with E-state index in [-0.39, 0.29) is 17.7 Å². The summed E-state index contributed by atoms with van der Waals surface area (Å²) in [5.41, 5.74) is 1.12. The standard InChI is InChI=1S/C14H19N3O2/c1-17(12-5-3-2-4-6-12)8-7-15-14(19)11-9-13(18)16-10-11/h2-6,11H,7-10H2,1H3,(H,15,19)(H,16,18). The van der Waals surface area contributed by atoms with Crippen molar-refractivity contribution in [3.63, 3.8) is 0 Å². The summed E-state index contributed by atoms with van der Waals surface area (Å²) in [5, 5.41) is 5.54. The van der Waals surface area contributed by atoms with Crippen molar-refractivity contribution in [2.45, 2.75) is 6.42 Å². The van der Waals surface area contributed by atoms with Gasteiger partial charge in [0.05, 0.1) is 5.92 Å². The molecule has 102 valence electrons. The van der Waals surface area contributed by atoms with Gasteiger partial charge in [-0.1, -0.05) is 18.2 Å². The molecule has 19 heavy (non-hydrogen) atoms. The lowest BCUT2D eigenvalue weighted by Gasteiger charge is -2.19. The Kier molecular flexibility index (Phi) is 4.39. The number of rotatable bonds is 5. The van der Waals surface area contributed by atoms with Crippen LogP contribution in [0.3, 0.4) is 0 Å². The molecule has 5 heteroatoms. The molecule has 2 rings (SSSR count). The molecule has 1 atom stereocenters. The average Bonchev–Trinajstić information content (AvgIpc) is 2.86. The van der Waals surface area contributed by atoms with Crippen LogP contribution >= 0.6 is 0 Å². The highest BCUT2D eigenvalue weighted by Crippen LogP contribution is 2.10. The molecule has 0 spiro atoms. The van der Waals surface area contributed by atoms with Crippen LogP contribution < -0.4 is 15.5 Å². The third-order valence-corrected chi connectivity index (χ3v) is 3.29. The lowest BCUT2D eigenvalue weighted by molar-refractivity contribution is -0.126. The van der Waals surface area contributed by atoms with Crippen LogP contribution in [0.15, 0.2) is 30.3 Å². The van der Waals surface area contributed by atoms with Crippen LogP contribution in [0.5, 0.6) is 0 Å². The van der Waals surface area contributed by atoms with Crippen molar-refractivity contribution in [2.75, 3.05) is 31.6 Å². The molecule has 2 N–H and O–H groups in total. The van der Waals surface area contributed by atoms with Crippen LogP contribution in [0, 0.1) is 5.92 Å². The normalized spacial score (nSPS) is 17.9. The average molecular weight is 261 g/mol. The molecule has 1 aromatic rings. The molecule has 1 unspecified atom stereocenters. The zero-order chi connectivity index (χ0) is 13.7. The van der Waals surface area contributed by atoms with Crippen LogP contribution in [0.1, 0.15) is 6.42 Å². The van der Waals surface area contributed by atoms with Gasteiger partial charge in [0.1, 0.15) is 0 Å². The third-order valence-electron chi connectivity index (χ3n) is 3.29. The zero-order valence-corrected chi connectivity index (χ0v) is 11.1. The van der Waals surface area contributed by atoms with E-state index in [1.165, 1.54) is 0 Å². The van der Waals surface area contributed by atoms with E-state index >= 15 is 0 Å². The number of nitrogens with zero attached hydrogens (tertiary/aromatic N) is 1. The highest BCUT2D eigenvalue weighted by atomic mass is 16.2. The number of nitrogens with one attached hydrogen (secondary N) is 2. The van der Waals surface area contributed by atoms with Crippen molar-refractivity contribution < 1.29 is 9.59 Å². The number of hydrogen-bond acceptors (Lipinski definition) is 3. The molecule has 0 aliphatic carbocycles. The summed E-state index contributed by atoms with van der Waals surface area (Å²) in [6, 6.07) is 10.0. The van der Waals surface area contributed by atoms with Crippen molar-refractivity contribution in [1.82, 2.24) is 10.6 Å². The third kappa shape index (κ3) is 3.71. The predicted molar refractivity (Wildman–Crippen MR) is 73.8 cm³/mol. The van der Waals surface area contributed by atoms with Gasteiger partial charge in [0, 0.05) is 38.8 Å². The quantitative estimate of drug-likeness (QED) is 0.805. The number of anilines is 1. The van der Waals surface area contributed by atoms with E-state index in [9.17, 15) is 9.59 Å². The van der Waals surface area contributed by atoms with Gasteiger partial charge in [-0.15, -0.1) is 0 Å². The molecule has 1 aliphatic heterocycles. The summed E-state index contributed by atoms with van der Waals surface area (Å²) in [6.45, 7) is 1.78. The van der Waals surface area contributed by atoms with Gasteiger partial charge in [-0.2, -0.15) is 0 Å². The van der Waals surface area contributed by atoms with Crippen molar-refractivity contribution in [1.29, 1.82) is 0 Å². The molecule has 0 aromatic heterocycles. The molecule has 1 aromatic carbocycles. The number of carbonyl (C=O) groups excluding carboxylic acids is 2. The van der Waals surface area contributed by atoms with Gasteiger partial charge >= 0.3 is 0 Å². The summed E-state index contributed by atoms with van der Waals surface area (Å²) < 4.78 is 0. The Morgan fingerprint density at radius 3 is 2.79 bits per heavy atom. The number of hydrogen-bond donors (Lipinski definition) is 2. The molecule has 0 radical (unpaired) electrons. The lowest BCUT2D eigenvalue weighted by atomic mass is 10.1. The SMILES string of the molecule is CN(CCNC(=O)C1CNC(=O)C1)c1ccccc1. The largest absolute Gasteiger partial charge is 0.373 e. The lowest BCUT2D eigenvalue weighted by Crippen LogP contribution is -2.37. The summed E-state index contributed by atoms with van der Waals surface area (Å²) in [5.74, 6) is -0.295. The molecule has 0 bridgehead atoms. The Hall–Kier alpha value is -2.04. The molecule has 0 saturated carbocycles. The Morgan fingerprint density at radius 2 is 2.16 bits per heavy atom. The smallest absolute Gasteiger partial charge is 0.225 e. The molecular weight excluding hydrogens is 242 g/mol. The first-order valence-electron chi connectivity index (χ1n) is 6.47. The number of para-hydroxylation sites is 1. The molecule has 2 amide bonds. The Morgan fingerprint density at radius 1 is 1.42 bits per heavy atom. The second kappa shape index (κ2) is 6.22. The number of likely N-dealkylation sites (N-methyl/N-ethyl adjacent to an activating group) is 1. The second-order valence-corrected chi connectivity index (χ2v) is 4.75. The Bertz CT molecular complexity index is 447. The van der Waals surface area contributed by atoms with Crippen molar-refractivity contribution >= 4 is 17.5 Å². The Labute approximate surface area is 113 Å². The topological polar surface area (TPSA) is 61.4 Å². The first-order valence-corrected chi connectivity index (χ1v) is 6.47. The van der Waals surface area contributed by atoms with Crippen LogP contribution in [0.2, 0.25) is 0 Å². The Balaban J connectivity index is 1.72. The van der Waals surface area contributed by atoms with Crippen molar-refractivity contribution in [3.8, 4) is 0 Å². The first-order chi connectivity index (χ1) is 9.16. The molecule has 1 saturated heterocycles. The van der Waals surface area contributed by atoms with Crippen LogP contribution in [-0.2, 0) is 9.59 Å².